The van der Waals surface area contributed by atoms with E-state index in [4.69, 9.17) is 11.6 Å². The van der Waals surface area contributed by atoms with Gasteiger partial charge < -0.3 is 10.2 Å². The van der Waals surface area contributed by atoms with Crippen LogP contribution in [0.15, 0.2) is 50.8 Å². The molecule has 0 unspecified atom stereocenters. The number of aryl methyl sites for hydroxylation is 1. The molecule has 0 aliphatic carbocycles. The minimum Gasteiger partial charge on any atom is -0.377 e. The normalized spacial score (nSPS) is 17.0. The Morgan fingerprint density at radius 3 is 2.65 bits per heavy atom. The van der Waals surface area contributed by atoms with Crippen LogP contribution in [0.2, 0.25) is 5.02 Å². The lowest BCUT2D eigenvalue weighted by Gasteiger charge is -2.14. The summed E-state index contributed by atoms with van der Waals surface area (Å²) in [7, 11) is 3.97. The molecule has 2 aromatic rings. The minimum atomic E-state index is -0.153. The van der Waals surface area contributed by atoms with E-state index in [1.54, 1.807) is 6.07 Å². The molecular weight excluding hydrogens is 434 g/mol. The molecule has 1 N–H and O–H groups in total. The summed E-state index contributed by atoms with van der Waals surface area (Å²) < 4.78 is 0.975. The van der Waals surface area contributed by atoms with Crippen LogP contribution >= 0.6 is 39.3 Å². The number of amides is 1. The summed E-state index contributed by atoms with van der Waals surface area (Å²) in [6, 6.07) is 11.6. The molecule has 1 fully saturated rings. The van der Waals surface area contributed by atoms with Crippen molar-refractivity contribution in [2.24, 2.45) is 4.99 Å². The highest BCUT2D eigenvalue weighted by Gasteiger charge is 2.24. The fourth-order valence-electron chi connectivity index (χ4n) is 2.38. The van der Waals surface area contributed by atoms with Gasteiger partial charge in [-0.3, -0.25) is 4.79 Å². The predicted molar refractivity (Wildman–Crippen MR) is 115 cm³/mol. The van der Waals surface area contributed by atoms with Crippen LogP contribution in [0.25, 0.3) is 6.08 Å². The van der Waals surface area contributed by atoms with Gasteiger partial charge in [-0.15, -0.1) is 0 Å². The second kappa shape index (κ2) is 7.86. The lowest BCUT2D eigenvalue weighted by Crippen LogP contribution is -2.19. The molecule has 7 heteroatoms. The van der Waals surface area contributed by atoms with Gasteiger partial charge in [0.15, 0.2) is 5.17 Å². The number of carbonyl (C=O) groups excluding carboxylic acids is 1. The molecule has 4 nitrogen and oxygen atoms in total. The third-order valence-corrected chi connectivity index (χ3v) is 5.74. The van der Waals surface area contributed by atoms with E-state index < -0.39 is 0 Å². The summed E-state index contributed by atoms with van der Waals surface area (Å²) in [5, 5.41) is 4.00. The maximum Gasteiger partial charge on any atom is 0.264 e. The lowest BCUT2D eigenvalue weighted by molar-refractivity contribution is -0.115. The van der Waals surface area contributed by atoms with E-state index in [-0.39, 0.29) is 5.91 Å². The van der Waals surface area contributed by atoms with Crippen LogP contribution in [-0.2, 0) is 4.79 Å². The van der Waals surface area contributed by atoms with Crippen LogP contribution in [0.5, 0.6) is 0 Å². The maximum absolute atomic E-state index is 12.2. The van der Waals surface area contributed by atoms with Crippen LogP contribution < -0.4 is 10.2 Å². The number of hydrogen-bond acceptors (Lipinski definition) is 4. The van der Waals surface area contributed by atoms with E-state index in [0.717, 1.165) is 21.3 Å². The fourth-order valence-corrected chi connectivity index (χ4v) is 4.14. The quantitative estimate of drug-likeness (QED) is 0.640. The van der Waals surface area contributed by atoms with Crippen molar-refractivity contribution in [2.75, 3.05) is 19.0 Å². The third kappa shape index (κ3) is 4.31. The van der Waals surface area contributed by atoms with E-state index in [0.29, 0.717) is 20.8 Å². The molecule has 0 bridgehead atoms. The van der Waals surface area contributed by atoms with Crippen LogP contribution in [0.4, 0.5) is 11.4 Å². The average Bonchev–Trinajstić information content (AvgIpc) is 2.90. The Bertz CT molecular complexity index is 940. The number of nitrogens with zero attached hydrogens (tertiary/aromatic N) is 2. The molecule has 0 saturated carbocycles. The Morgan fingerprint density at radius 1 is 1.23 bits per heavy atom. The third-order valence-electron chi connectivity index (χ3n) is 3.79. The summed E-state index contributed by atoms with van der Waals surface area (Å²) >= 11 is 11.0. The van der Waals surface area contributed by atoms with Crippen molar-refractivity contribution in [1.29, 1.82) is 0 Å². The van der Waals surface area contributed by atoms with Crippen molar-refractivity contribution in [3.05, 3.63) is 61.9 Å². The van der Waals surface area contributed by atoms with E-state index in [2.05, 4.69) is 26.2 Å². The molecule has 1 aliphatic heterocycles. The van der Waals surface area contributed by atoms with Crippen molar-refractivity contribution in [1.82, 2.24) is 5.32 Å². The number of anilines is 1. The molecule has 1 amide bonds. The highest BCUT2D eigenvalue weighted by Crippen LogP contribution is 2.31. The SMILES string of the molecule is Cc1ccc(N=C2NC(=O)/C(=C/c3ccc(N(C)C)c(Br)c3)S2)cc1Cl. The first-order chi connectivity index (χ1) is 12.3. The van der Waals surface area contributed by atoms with Crippen molar-refractivity contribution < 1.29 is 4.79 Å². The van der Waals surface area contributed by atoms with Gasteiger partial charge in [0, 0.05) is 23.6 Å². The Kier molecular flexibility index (Phi) is 5.75. The van der Waals surface area contributed by atoms with E-state index in [1.807, 2.05) is 62.3 Å². The first kappa shape index (κ1) is 19.0. The summed E-state index contributed by atoms with van der Waals surface area (Å²) in [6.45, 7) is 1.94. The largest absolute Gasteiger partial charge is 0.377 e. The molecule has 0 radical (unpaired) electrons. The lowest BCUT2D eigenvalue weighted by atomic mass is 10.2. The number of rotatable bonds is 3. The van der Waals surface area contributed by atoms with Crippen LogP contribution in [0.1, 0.15) is 11.1 Å². The van der Waals surface area contributed by atoms with Crippen molar-refractivity contribution in [3.8, 4) is 0 Å². The van der Waals surface area contributed by atoms with Gasteiger partial charge in [0.2, 0.25) is 0 Å². The molecule has 1 aliphatic rings. The zero-order valence-corrected chi connectivity index (χ0v) is 17.7. The van der Waals surface area contributed by atoms with Crippen LogP contribution in [0, 0.1) is 6.92 Å². The monoisotopic (exact) mass is 449 g/mol. The summed E-state index contributed by atoms with van der Waals surface area (Å²) in [5.74, 6) is -0.153. The van der Waals surface area contributed by atoms with Gasteiger partial charge in [-0.2, -0.15) is 0 Å². The highest BCUT2D eigenvalue weighted by molar-refractivity contribution is 9.10. The fraction of sp³-hybridized carbons (Fsp3) is 0.158. The molecule has 26 heavy (non-hydrogen) atoms. The Balaban J connectivity index is 1.83. The Labute approximate surface area is 170 Å². The first-order valence-corrected chi connectivity index (χ1v) is 9.85. The number of halogens is 2. The van der Waals surface area contributed by atoms with Gasteiger partial charge in [-0.25, -0.2) is 4.99 Å². The number of benzene rings is 2. The van der Waals surface area contributed by atoms with Gasteiger partial charge in [-0.05, 0) is 76.1 Å². The van der Waals surface area contributed by atoms with Gasteiger partial charge in [0.25, 0.3) is 5.91 Å². The van der Waals surface area contributed by atoms with Crippen molar-refractivity contribution in [2.45, 2.75) is 6.92 Å². The summed E-state index contributed by atoms with van der Waals surface area (Å²) in [5.41, 5.74) is 3.72. The summed E-state index contributed by atoms with van der Waals surface area (Å²) in [6.07, 6.45) is 1.86. The van der Waals surface area contributed by atoms with Gasteiger partial charge >= 0.3 is 0 Å². The number of amidine groups is 1. The minimum absolute atomic E-state index is 0.153. The standard InChI is InChI=1S/C19H17BrClN3OS/c1-11-4-6-13(10-15(11)21)22-19-23-18(25)17(26-19)9-12-5-7-16(24(2)3)14(20)8-12/h4-10H,1-3H3,(H,22,23,25)/b17-9-. The van der Waals surface area contributed by atoms with Crippen LogP contribution in [-0.4, -0.2) is 25.2 Å². The van der Waals surface area contributed by atoms with Crippen molar-refractivity contribution in [3.63, 3.8) is 0 Å². The Morgan fingerprint density at radius 2 is 2.00 bits per heavy atom. The average molecular weight is 451 g/mol. The van der Waals surface area contributed by atoms with Crippen molar-refractivity contribution >= 4 is 67.8 Å². The molecule has 0 aromatic heterocycles. The maximum atomic E-state index is 12.2. The second-order valence-corrected chi connectivity index (χ2v) is 8.31. The smallest absolute Gasteiger partial charge is 0.264 e. The topological polar surface area (TPSA) is 44.7 Å². The van der Waals surface area contributed by atoms with Crippen LogP contribution in [0.3, 0.4) is 0 Å². The van der Waals surface area contributed by atoms with E-state index >= 15 is 0 Å². The van der Waals surface area contributed by atoms with Gasteiger partial charge in [-0.1, -0.05) is 23.7 Å². The second-order valence-electron chi connectivity index (χ2n) is 6.02. The molecule has 0 atom stereocenters. The predicted octanol–water partition coefficient (Wildman–Crippen LogP) is 5.37. The molecule has 3 rings (SSSR count). The number of aliphatic imine (C=N–C) groups is 1. The molecule has 134 valence electrons. The molecule has 1 heterocycles. The van der Waals surface area contributed by atoms with Gasteiger partial charge in [0.05, 0.1) is 16.3 Å². The number of thioether (sulfide) groups is 1. The number of hydrogen-bond donors (Lipinski definition) is 1. The number of nitrogens with one attached hydrogen (secondary N) is 1. The van der Waals surface area contributed by atoms with Gasteiger partial charge in [0.1, 0.15) is 0 Å². The Hall–Kier alpha value is -1.76. The first-order valence-electron chi connectivity index (χ1n) is 7.86. The van der Waals surface area contributed by atoms with E-state index in [1.165, 1.54) is 11.8 Å². The summed E-state index contributed by atoms with van der Waals surface area (Å²) in [4.78, 5) is 19.3. The molecule has 1 saturated heterocycles. The molecular formula is C19H17BrClN3OS. The zero-order valence-electron chi connectivity index (χ0n) is 14.5. The molecule has 2 aromatic carbocycles. The van der Waals surface area contributed by atoms with E-state index in [9.17, 15) is 4.79 Å². The number of carbonyl (C=O) groups is 1. The highest BCUT2D eigenvalue weighted by atomic mass is 79.9. The zero-order chi connectivity index (χ0) is 18.8. The molecule has 0 spiro atoms.